The summed E-state index contributed by atoms with van der Waals surface area (Å²) in [6.45, 7) is 8.64. The van der Waals surface area contributed by atoms with Gasteiger partial charge < -0.3 is 15.2 Å². The van der Waals surface area contributed by atoms with Crippen molar-refractivity contribution in [3.05, 3.63) is 18.2 Å². The quantitative estimate of drug-likeness (QED) is 0.836. The van der Waals surface area contributed by atoms with E-state index in [4.69, 9.17) is 15.2 Å². The Morgan fingerprint density at radius 1 is 1.15 bits per heavy atom. The molecule has 3 unspecified atom stereocenters. The van der Waals surface area contributed by atoms with Gasteiger partial charge in [0, 0.05) is 6.07 Å². The van der Waals surface area contributed by atoms with Crippen LogP contribution in [0.1, 0.15) is 47.0 Å². The normalized spacial score (nSPS) is 26.6. The minimum Gasteiger partial charge on any atom is -0.490 e. The molecule has 112 valence electrons. The second-order valence-electron chi connectivity index (χ2n) is 6.37. The van der Waals surface area contributed by atoms with Crippen molar-refractivity contribution in [2.75, 3.05) is 5.73 Å². The van der Waals surface area contributed by atoms with Gasteiger partial charge in [-0.15, -0.1) is 0 Å². The van der Waals surface area contributed by atoms with Crippen LogP contribution in [0, 0.1) is 11.8 Å². The Kier molecular flexibility index (Phi) is 4.79. The number of hydrogen-bond acceptors (Lipinski definition) is 3. The van der Waals surface area contributed by atoms with E-state index in [-0.39, 0.29) is 6.10 Å². The maximum absolute atomic E-state index is 6.12. The van der Waals surface area contributed by atoms with E-state index in [1.165, 1.54) is 6.42 Å². The zero-order chi connectivity index (χ0) is 14.7. The highest BCUT2D eigenvalue weighted by Crippen LogP contribution is 2.34. The van der Waals surface area contributed by atoms with Crippen molar-refractivity contribution < 1.29 is 9.47 Å². The van der Waals surface area contributed by atoms with Gasteiger partial charge in [0.25, 0.3) is 0 Å². The SMILES string of the molecule is CC(C)Oc1cc(OC2CCC(C)C(C)C2)ccc1N. The largest absolute Gasteiger partial charge is 0.490 e. The number of benzene rings is 1. The number of nitrogen functional groups attached to an aromatic ring is 1. The van der Waals surface area contributed by atoms with Gasteiger partial charge in [-0.3, -0.25) is 0 Å². The summed E-state index contributed by atoms with van der Waals surface area (Å²) in [5, 5.41) is 0. The fraction of sp³-hybridized carbons (Fsp3) is 0.647. The maximum atomic E-state index is 6.12. The minimum atomic E-state index is 0.114. The topological polar surface area (TPSA) is 44.5 Å². The van der Waals surface area contributed by atoms with Gasteiger partial charge in [-0.1, -0.05) is 13.8 Å². The molecule has 0 aliphatic heterocycles. The summed E-state index contributed by atoms with van der Waals surface area (Å²) in [6.07, 6.45) is 3.94. The third-order valence-electron chi connectivity index (χ3n) is 4.20. The van der Waals surface area contributed by atoms with Crippen molar-refractivity contribution in [2.24, 2.45) is 11.8 Å². The van der Waals surface area contributed by atoms with Crippen molar-refractivity contribution in [1.82, 2.24) is 0 Å². The predicted octanol–water partition coefficient (Wildman–Crippen LogP) is 4.26. The summed E-state index contributed by atoms with van der Waals surface area (Å²) in [6, 6.07) is 5.71. The second kappa shape index (κ2) is 6.38. The number of ether oxygens (including phenoxy) is 2. The molecular weight excluding hydrogens is 250 g/mol. The summed E-state index contributed by atoms with van der Waals surface area (Å²) in [5.41, 5.74) is 6.59. The van der Waals surface area contributed by atoms with Crippen LogP contribution >= 0.6 is 0 Å². The molecule has 0 aromatic heterocycles. The standard InChI is InChI=1S/C17H27NO2/c1-11(2)19-17-10-15(7-8-16(17)18)20-14-6-5-12(3)13(4)9-14/h7-8,10-14H,5-6,9,18H2,1-4H3. The summed E-state index contributed by atoms with van der Waals surface area (Å²) in [7, 11) is 0. The first-order chi connectivity index (χ1) is 9.45. The molecule has 1 saturated carbocycles. The van der Waals surface area contributed by atoms with Crippen LogP contribution in [0.5, 0.6) is 11.5 Å². The summed E-state index contributed by atoms with van der Waals surface area (Å²) in [5.74, 6) is 3.12. The summed E-state index contributed by atoms with van der Waals surface area (Å²) in [4.78, 5) is 0. The van der Waals surface area contributed by atoms with Crippen LogP contribution in [0.2, 0.25) is 0 Å². The Balaban J connectivity index is 2.02. The molecule has 2 N–H and O–H groups in total. The van der Waals surface area contributed by atoms with E-state index in [0.717, 1.165) is 36.2 Å². The summed E-state index contributed by atoms with van der Waals surface area (Å²) >= 11 is 0. The van der Waals surface area contributed by atoms with Crippen LogP contribution < -0.4 is 15.2 Å². The molecule has 3 atom stereocenters. The van der Waals surface area contributed by atoms with Gasteiger partial charge in [-0.25, -0.2) is 0 Å². The molecule has 1 fully saturated rings. The lowest BCUT2D eigenvalue weighted by Gasteiger charge is -2.32. The van der Waals surface area contributed by atoms with Gasteiger partial charge in [0.1, 0.15) is 11.5 Å². The Labute approximate surface area is 122 Å². The molecule has 0 radical (unpaired) electrons. The third-order valence-corrected chi connectivity index (χ3v) is 4.20. The molecule has 0 bridgehead atoms. The van der Waals surface area contributed by atoms with E-state index < -0.39 is 0 Å². The zero-order valence-corrected chi connectivity index (χ0v) is 13.1. The average molecular weight is 277 g/mol. The van der Waals surface area contributed by atoms with Gasteiger partial charge >= 0.3 is 0 Å². The zero-order valence-electron chi connectivity index (χ0n) is 13.1. The monoisotopic (exact) mass is 277 g/mol. The van der Waals surface area contributed by atoms with Crippen molar-refractivity contribution in [2.45, 2.75) is 59.2 Å². The fourth-order valence-electron chi connectivity index (χ4n) is 2.74. The van der Waals surface area contributed by atoms with E-state index in [2.05, 4.69) is 13.8 Å². The van der Waals surface area contributed by atoms with Gasteiger partial charge in [-0.2, -0.15) is 0 Å². The molecule has 0 heterocycles. The van der Waals surface area contributed by atoms with Gasteiger partial charge in [0.15, 0.2) is 0 Å². The molecule has 1 aliphatic rings. The van der Waals surface area contributed by atoms with Gasteiger partial charge in [-0.05, 0) is 57.1 Å². The van der Waals surface area contributed by atoms with Crippen molar-refractivity contribution in [3.8, 4) is 11.5 Å². The molecule has 1 aliphatic carbocycles. The fourth-order valence-corrected chi connectivity index (χ4v) is 2.74. The van der Waals surface area contributed by atoms with Crippen LogP contribution in [0.15, 0.2) is 18.2 Å². The Hall–Kier alpha value is -1.38. The lowest BCUT2D eigenvalue weighted by Crippen LogP contribution is -2.28. The molecule has 3 nitrogen and oxygen atoms in total. The van der Waals surface area contributed by atoms with E-state index >= 15 is 0 Å². The molecule has 3 heteroatoms. The van der Waals surface area contributed by atoms with E-state index in [0.29, 0.717) is 11.8 Å². The number of rotatable bonds is 4. The van der Waals surface area contributed by atoms with Crippen LogP contribution in [0.4, 0.5) is 5.69 Å². The first kappa shape index (κ1) is 15.0. The molecule has 0 saturated heterocycles. The Morgan fingerprint density at radius 2 is 1.90 bits per heavy atom. The lowest BCUT2D eigenvalue weighted by atomic mass is 9.80. The minimum absolute atomic E-state index is 0.114. The van der Waals surface area contributed by atoms with E-state index in [9.17, 15) is 0 Å². The lowest BCUT2D eigenvalue weighted by molar-refractivity contribution is 0.100. The molecule has 0 amide bonds. The smallest absolute Gasteiger partial charge is 0.146 e. The second-order valence-corrected chi connectivity index (χ2v) is 6.37. The van der Waals surface area contributed by atoms with Crippen molar-refractivity contribution in [3.63, 3.8) is 0 Å². The van der Waals surface area contributed by atoms with Crippen molar-refractivity contribution in [1.29, 1.82) is 0 Å². The first-order valence-electron chi connectivity index (χ1n) is 7.68. The van der Waals surface area contributed by atoms with E-state index in [1.54, 1.807) is 0 Å². The third kappa shape index (κ3) is 3.81. The molecule has 20 heavy (non-hydrogen) atoms. The maximum Gasteiger partial charge on any atom is 0.146 e. The molecule has 1 aromatic rings. The molecule has 0 spiro atoms. The first-order valence-corrected chi connectivity index (χ1v) is 7.68. The molecular formula is C17H27NO2. The Bertz CT molecular complexity index is 445. The van der Waals surface area contributed by atoms with Crippen LogP contribution in [-0.4, -0.2) is 12.2 Å². The van der Waals surface area contributed by atoms with Gasteiger partial charge in [0.2, 0.25) is 0 Å². The van der Waals surface area contributed by atoms with E-state index in [1.807, 2.05) is 32.0 Å². The average Bonchev–Trinajstić information content (AvgIpc) is 2.37. The Morgan fingerprint density at radius 3 is 2.55 bits per heavy atom. The highest BCUT2D eigenvalue weighted by molar-refractivity contribution is 5.55. The highest BCUT2D eigenvalue weighted by atomic mass is 16.5. The molecule has 2 rings (SSSR count). The molecule has 1 aromatic carbocycles. The van der Waals surface area contributed by atoms with Gasteiger partial charge in [0.05, 0.1) is 17.9 Å². The number of anilines is 1. The predicted molar refractivity (Wildman–Crippen MR) is 83.2 cm³/mol. The van der Waals surface area contributed by atoms with Crippen molar-refractivity contribution >= 4 is 5.69 Å². The highest BCUT2D eigenvalue weighted by Gasteiger charge is 2.25. The van der Waals surface area contributed by atoms with Crippen LogP contribution in [0.3, 0.4) is 0 Å². The number of hydrogen-bond donors (Lipinski definition) is 1. The van der Waals surface area contributed by atoms with Crippen LogP contribution in [0.25, 0.3) is 0 Å². The van der Waals surface area contributed by atoms with Crippen LogP contribution in [-0.2, 0) is 0 Å². The summed E-state index contributed by atoms with van der Waals surface area (Å²) < 4.78 is 11.8. The number of nitrogens with two attached hydrogens (primary N) is 1.